The summed E-state index contributed by atoms with van der Waals surface area (Å²) in [5.41, 5.74) is 3.32. The zero-order valence-electron chi connectivity index (χ0n) is 15.4. The Morgan fingerprint density at radius 2 is 2.03 bits per heavy atom. The molecule has 1 aliphatic rings. The molecule has 29 heavy (non-hydrogen) atoms. The molecule has 0 atom stereocenters. The van der Waals surface area contributed by atoms with E-state index in [2.05, 4.69) is 16.9 Å². The number of rotatable bonds is 5. The first-order valence-corrected chi connectivity index (χ1v) is 9.93. The van der Waals surface area contributed by atoms with Crippen LogP contribution in [0, 0.1) is 0 Å². The van der Waals surface area contributed by atoms with Crippen LogP contribution >= 0.6 is 22.9 Å². The molecule has 0 spiro atoms. The number of carbonyl (C=O) groups is 2. The lowest BCUT2D eigenvalue weighted by atomic mass is 10.1. The number of carbonyl (C=O) groups excluding carboxylic acids is 2. The van der Waals surface area contributed by atoms with E-state index >= 15 is 0 Å². The molecule has 2 amide bonds. The van der Waals surface area contributed by atoms with Gasteiger partial charge in [0.05, 0.1) is 17.8 Å². The van der Waals surface area contributed by atoms with Gasteiger partial charge in [-0.05, 0) is 24.3 Å². The molecule has 1 aromatic heterocycles. The van der Waals surface area contributed by atoms with Crippen molar-refractivity contribution < 1.29 is 14.3 Å². The number of aromatic nitrogens is 1. The fraction of sp³-hybridized carbons (Fsp3) is 0.0952. The van der Waals surface area contributed by atoms with E-state index in [1.54, 1.807) is 31.4 Å². The van der Waals surface area contributed by atoms with Crippen molar-refractivity contribution in [3.63, 3.8) is 0 Å². The molecule has 1 aliphatic heterocycles. The summed E-state index contributed by atoms with van der Waals surface area (Å²) in [5.74, 6) is 0.00472. The zero-order valence-corrected chi connectivity index (χ0v) is 17.0. The standard InChI is InChI=1S/C21H16ClN3O3S/c1-12-14-5-3-4-6-15(14)20(27)25(12)10-19(26)24-21-23-17(11-29-21)13-7-8-18(28-2)16(22)9-13/h3-9,11H,1,10H2,2H3,(H,23,24,26). The van der Waals surface area contributed by atoms with Gasteiger partial charge in [-0.15, -0.1) is 11.3 Å². The van der Waals surface area contributed by atoms with Gasteiger partial charge in [-0.3, -0.25) is 14.5 Å². The lowest BCUT2D eigenvalue weighted by Crippen LogP contribution is -2.32. The van der Waals surface area contributed by atoms with E-state index in [1.807, 2.05) is 23.6 Å². The number of hydrogen-bond donors (Lipinski definition) is 1. The zero-order chi connectivity index (χ0) is 20.5. The third-order valence-electron chi connectivity index (χ3n) is 4.54. The Morgan fingerprint density at radius 3 is 2.72 bits per heavy atom. The summed E-state index contributed by atoms with van der Waals surface area (Å²) in [5, 5.41) is 5.48. The Kier molecular flexibility index (Phi) is 5.08. The molecule has 2 aromatic carbocycles. The second-order valence-electron chi connectivity index (χ2n) is 6.32. The monoisotopic (exact) mass is 425 g/mol. The van der Waals surface area contributed by atoms with E-state index < -0.39 is 0 Å². The first kappa shape index (κ1) is 19.2. The average molecular weight is 426 g/mol. The van der Waals surface area contributed by atoms with Crippen LogP contribution in [0.25, 0.3) is 17.0 Å². The highest BCUT2D eigenvalue weighted by Gasteiger charge is 2.32. The van der Waals surface area contributed by atoms with Crippen molar-refractivity contribution in [3.05, 3.63) is 70.6 Å². The fourth-order valence-electron chi connectivity index (χ4n) is 3.09. The Labute approximate surface area is 176 Å². The van der Waals surface area contributed by atoms with E-state index in [0.29, 0.717) is 32.9 Å². The van der Waals surface area contributed by atoms with Gasteiger partial charge in [0.25, 0.3) is 5.91 Å². The number of benzene rings is 2. The van der Waals surface area contributed by atoms with E-state index in [0.717, 1.165) is 11.1 Å². The van der Waals surface area contributed by atoms with Crippen LogP contribution in [0.2, 0.25) is 5.02 Å². The lowest BCUT2D eigenvalue weighted by molar-refractivity contribution is -0.116. The number of nitrogens with one attached hydrogen (secondary N) is 1. The smallest absolute Gasteiger partial charge is 0.259 e. The third-order valence-corrected chi connectivity index (χ3v) is 5.59. The number of halogens is 1. The quantitative estimate of drug-likeness (QED) is 0.651. The van der Waals surface area contributed by atoms with Crippen LogP contribution in [-0.2, 0) is 4.79 Å². The second kappa shape index (κ2) is 7.69. The van der Waals surface area contributed by atoms with E-state index in [-0.39, 0.29) is 18.4 Å². The number of hydrogen-bond acceptors (Lipinski definition) is 5. The van der Waals surface area contributed by atoms with Crippen molar-refractivity contribution in [3.8, 4) is 17.0 Å². The predicted octanol–water partition coefficient (Wildman–Crippen LogP) is 4.54. The number of thiazole rings is 1. The topological polar surface area (TPSA) is 71.5 Å². The van der Waals surface area contributed by atoms with Crippen LogP contribution in [0.3, 0.4) is 0 Å². The van der Waals surface area contributed by atoms with Crippen molar-refractivity contribution in [1.29, 1.82) is 0 Å². The summed E-state index contributed by atoms with van der Waals surface area (Å²) >= 11 is 7.46. The molecule has 4 rings (SSSR count). The van der Waals surface area contributed by atoms with Crippen LogP contribution in [0.1, 0.15) is 15.9 Å². The minimum Gasteiger partial charge on any atom is -0.495 e. The van der Waals surface area contributed by atoms with Crippen molar-refractivity contribution in [2.24, 2.45) is 0 Å². The molecule has 0 saturated heterocycles. The van der Waals surface area contributed by atoms with Gasteiger partial charge in [-0.1, -0.05) is 36.4 Å². The van der Waals surface area contributed by atoms with Crippen LogP contribution in [0.5, 0.6) is 5.75 Å². The van der Waals surface area contributed by atoms with Crippen molar-refractivity contribution in [2.75, 3.05) is 19.0 Å². The highest BCUT2D eigenvalue weighted by atomic mass is 35.5. The Hall–Kier alpha value is -3.16. The average Bonchev–Trinajstić information content (AvgIpc) is 3.27. The largest absolute Gasteiger partial charge is 0.495 e. The van der Waals surface area contributed by atoms with E-state index in [1.165, 1.54) is 16.2 Å². The first-order valence-electron chi connectivity index (χ1n) is 8.67. The Morgan fingerprint density at radius 1 is 1.28 bits per heavy atom. The summed E-state index contributed by atoms with van der Waals surface area (Å²) in [6.07, 6.45) is 0. The summed E-state index contributed by atoms with van der Waals surface area (Å²) in [6.45, 7) is 3.81. The minimum atomic E-state index is -0.346. The molecule has 0 saturated carbocycles. The highest BCUT2D eigenvalue weighted by molar-refractivity contribution is 7.14. The van der Waals surface area contributed by atoms with Crippen LogP contribution in [-0.4, -0.2) is 35.4 Å². The first-order chi connectivity index (χ1) is 14.0. The minimum absolute atomic E-state index is 0.129. The molecule has 8 heteroatoms. The molecule has 3 aromatic rings. The summed E-state index contributed by atoms with van der Waals surface area (Å²) in [4.78, 5) is 30.8. The number of fused-ring (bicyclic) bond motifs is 1. The SMILES string of the molecule is C=C1c2ccccc2C(=O)N1CC(=O)Nc1nc(-c2ccc(OC)c(Cl)c2)cs1. The van der Waals surface area contributed by atoms with Crippen LogP contribution in [0.4, 0.5) is 5.13 Å². The van der Waals surface area contributed by atoms with Gasteiger partial charge in [-0.2, -0.15) is 0 Å². The summed E-state index contributed by atoms with van der Waals surface area (Å²) in [6, 6.07) is 12.5. The predicted molar refractivity (Wildman–Crippen MR) is 114 cm³/mol. The van der Waals surface area contributed by atoms with Gasteiger partial charge < -0.3 is 10.1 Å². The number of nitrogens with zero attached hydrogens (tertiary/aromatic N) is 2. The Bertz CT molecular complexity index is 1110. The molecule has 6 nitrogen and oxygen atoms in total. The molecular formula is C21H16ClN3O3S. The van der Waals surface area contributed by atoms with E-state index in [4.69, 9.17) is 16.3 Å². The number of amides is 2. The Balaban J connectivity index is 1.45. The summed E-state index contributed by atoms with van der Waals surface area (Å²) in [7, 11) is 1.55. The van der Waals surface area contributed by atoms with Gasteiger partial charge >= 0.3 is 0 Å². The van der Waals surface area contributed by atoms with Gasteiger partial charge in [0.2, 0.25) is 5.91 Å². The molecule has 146 valence electrons. The van der Waals surface area contributed by atoms with Gasteiger partial charge in [0, 0.05) is 27.8 Å². The molecule has 0 unspecified atom stereocenters. The molecular weight excluding hydrogens is 410 g/mol. The van der Waals surface area contributed by atoms with Gasteiger partial charge in [0.1, 0.15) is 12.3 Å². The summed E-state index contributed by atoms with van der Waals surface area (Å²) < 4.78 is 5.15. The van der Waals surface area contributed by atoms with Crippen LogP contribution < -0.4 is 10.1 Å². The molecule has 0 fully saturated rings. The number of ether oxygens (including phenoxy) is 1. The van der Waals surface area contributed by atoms with Crippen molar-refractivity contribution >= 4 is 45.6 Å². The highest BCUT2D eigenvalue weighted by Crippen LogP contribution is 2.33. The maximum atomic E-state index is 12.5. The number of anilines is 1. The van der Waals surface area contributed by atoms with Crippen molar-refractivity contribution in [2.45, 2.75) is 0 Å². The maximum Gasteiger partial charge on any atom is 0.259 e. The number of methoxy groups -OCH3 is 1. The van der Waals surface area contributed by atoms with Crippen molar-refractivity contribution in [1.82, 2.24) is 9.88 Å². The molecule has 0 aliphatic carbocycles. The van der Waals surface area contributed by atoms with Gasteiger partial charge in [-0.25, -0.2) is 4.98 Å². The lowest BCUT2D eigenvalue weighted by Gasteiger charge is -2.16. The fourth-order valence-corrected chi connectivity index (χ4v) is 4.09. The van der Waals surface area contributed by atoms with E-state index in [9.17, 15) is 9.59 Å². The van der Waals surface area contributed by atoms with Crippen LogP contribution in [0.15, 0.2) is 54.4 Å². The second-order valence-corrected chi connectivity index (χ2v) is 7.58. The molecule has 0 bridgehead atoms. The molecule has 2 heterocycles. The third kappa shape index (κ3) is 3.62. The molecule has 0 radical (unpaired) electrons. The molecule has 1 N–H and O–H groups in total. The maximum absolute atomic E-state index is 12.5. The normalized spacial score (nSPS) is 12.8. The van der Waals surface area contributed by atoms with Gasteiger partial charge in [0.15, 0.2) is 5.13 Å².